The van der Waals surface area contributed by atoms with Gasteiger partial charge < -0.3 is 9.47 Å². The monoisotopic (exact) mass is 174 g/mol. The molecule has 1 aliphatic rings. The van der Waals surface area contributed by atoms with Gasteiger partial charge in [0.2, 0.25) is 0 Å². The summed E-state index contributed by atoms with van der Waals surface area (Å²) in [7, 11) is 0. The minimum atomic E-state index is -4.34. The van der Waals surface area contributed by atoms with Gasteiger partial charge >= 0.3 is 12.5 Å². The summed E-state index contributed by atoms with van der Waals surface area (Å²) in [5.74, 6) is 0. The fraction of sp³-hybridized carbons (Fsp3) is 1.00. The first-order valence-electron chi connectivity index (χ1n) is 2.94. The highest BCUT2D eigenvalue weighted by atomic mass is 19.3. The van der Waals surface area contributed by atoms with E-state index in [0.717, 1.165) is 0 Å². The Morgan fingerprint density at radius 3 is 2.45 bits per heavy atom. The summed E-state index contributed by atoms with van der Waals surface area (Å²) in [4.78, 5) is 0. The molecule has 0 saturated carbocycles. The molecule has 0 aromatic carbocycles. The first kappa shape index (κ1) is 8.73. The third-order valence-electron chi connectivity index (χ3n) is 1.12. The lowest BCUT2D eigenvalue weighted by Gasteiger charge is -2.14. The molecular formula is C5H6F4O2. The van der Waals surface area contributed by atoms with Crippen LogP contribution in [0.3, 0.4) is 0 Å². The predicted octanol–water partition coefficient (Wildman–Crippen LogP) is 1.26. The SMILES string of the molecule is FC(F)C(F)(F)OCC1CO1. The van der Waals surface area contributed by atoms with E-state index in [0.29, 0.717) is 6.61 Å². The van der Waals surface area contributed by atoms with Gasteiger partial charge in [0, 0.05) is 0 Å². The molecule has 2 nitrogen and oxygen atoms in total. The van der Waals surface area contributed by atoms with E-state index in [1.807, 2.05) is 0 Å². The van der Waals surface area contributed by atoms with E-state index in [4.69, 9.17) is 0 Å². The molecule has 11 heavy (non-hydrogen) atoms. The Bertz CT molecular complexity index is 134. The summed E-state index contributed by atoms with van der Waals surface area (Å²) >= 11 is 0. The molecule has 1 unspecified atom stereocenters. The summed E-state index contributed by atoms with van der Waals surface area (Å²) in [6.45, 7) is -0.170. The lowest BCUT2D eigenvalue weighted by Crippen LogP contribution is -2.31. The van der Waals surface area contributed by atoms with Crippen molar-refractivity contribution in [1.82, 2.24) is 0 Å². The highest BCUT2D eigenvalue weighted by molar-refractivity contribution is 4.69. The second-order valence-corrected chi connectivity index (χ2v) is 2.13. The van der Waals surface area contributed by atoms with Crippen LogP contribution in [0.5, 0.6) is 0 Å². The van der Waals surface area contributed by atoms with Gasteiger partial charge in [-0.1, -0.05) is 0 Å². The molecule has 0 spiro atoms. The number of hydrogen-bond acceptors (Lipinski definition) is 2. The Hall–Kier alpha value is -0.360. The number of epoxide rings is 1. The largest absolute Gasteiger partial charge is 0.416 e. The maximum atomic E-state index is 11.9. The van der Waals surface area contributed by atoms with Crippen LogP contribution >= 0.6 is 0 Å². The molecular weight excluding hydrogens is 168 g/mol. The fourth-order valence-electron chi connectivity index (χ4n) is 0.431. The molecule has 66 valence electrons. The van der Waals surface area contributed by atoms with Crippen LogP contribution in [0.1, 0.15) is 0 Å². The van der Waals surface area contributed by atoms with Crippen molar-refractivity contribution in [2.24, 2.45) is 0 Å². The molecule has 0 aromatic rings. The van der Waals surface area contributed by atoms with E-state index in [-0.39, 0.29) is 0 Å². The highest BCUT2D eigenvalue weighted by Gasteiger charge is 2.43. The molecule has 1 rings (SSSR count). The molecule has 0 aromatic heterocycles. The second-order valence-electron chi connectivity index (χ2n) is 2.13. The maximum absolute atomic E-state index is 11.9. The zero-order valence-electron chi connectivity index (χ0n) is 5.40. The molecule has 1 atom stereocenters. The Kier molecular flexibility index (Phi) is 2.34. The summed E-state index contributed by atoms with van der Waals surface area (Å²) in [5.41, 5.74) is 0. The molecule has 0 bridgehead atoms. The van der Waals surface area contributed by atoms with Crippen LogP contribution in [0.15, 0.2) is 0 Å². The van der Waals surface area contributed by atoms with Crippen LogP contribution in [0.25, 0.3) is 0 Å². The van der Waals surface area contributed by atoms with Crippen molar-refractivity contribution in [1.29, 1.82) is 0 Å². The van der Waals surface area contributed by atoms with Gasteiger partial charge in [-0.2, -0.15) is 8.78 Å². The van der Waals surface area contributed by atoms with Crippen molar-refractivity contribution < 1.29 is 27.0 Å². The van der Waals surface area contributed by atoms with Crippen LogP contribution in [-0.2, 0) is 9.47 Å². The van der Waals surface area contributed by atoms with Crippen molar-refractivity contribution >= 4 is 0 Å². The van der Waals surface area contributed by atoms with Gasteiger partial charge in [0.05, 0.1) is 13.2 Å². The third-order valence-corrected chi connectivity index (χ3v) is 1.12. The minimum absolute atomic E-state index is 0.305. The lowest BCUT2D eigenvalue weighted by molar-refractivity contribution is -0.301. The topological polar surface area (TPSA) is 21.8 Å². The first-order valence-corrected chi connectivity index (χ1v) is 2.94. The fourth-order valence-corrected chi connectivity index (χ4v) is 0.431. The molecule has 1 fully saturated rings. The van der Waals surface area contributed by atoms with Gasteiger partial charge in [0.15, 0.2) is 0 Å². The molecule has 1 aliphatic heterocycles. The van der Waals surface area contributed by atoms with E-state index in [1.54, 1.807) is 0 Å². The van der Waals surface area contributed by atoms with Crippen LogP contribution in [-0.4, -0.2) is 31.9 Å². The lowest BCUT2D eigenvalue weighted by atomic mass is 10.5. The average Bonchev–Trinajstić information content (AvgIpc) is 2.65. The summed E-state index contributed by atoms with van der Waals surface area (Å²) in [6.07, 6.45) is -8.55. The average molecular weight is 174 g/mol. The van der Waals surface area contributed by atoms with Crippen molar-refractivity contribution in [3.63, 3.8) is 0 Å². The normalized spacial score (nSPS) is 24.3. The molecule has 6 heteroatoms. The van der Waals surface area contributed by atoms with E-state index >= 15 is 0 Å². The van der Waals surface area contributed by atoms with Gasteiger partial charge in [0.25, 0.3) is 0 Å². The van der Waals surface area contributed by atoms with Crippen molar-refractivity contribution in [2.45, 2.75) is 18.6 Å². The van der Waals surface area contributed by atoms with Crippen molar-refractivity contribution in [2.75, 3.05) is 13.2 Å². The Morgan fingerprint density at radius 2 is 2.09 bits per heavy atom. The highest BCUT2D eigenvalue weighted by Crippen LogP contribution is 2.25. The van der Waals surface area contributed by atoms with Gasteiger partial charge in [-0.15, -0.1) is 0 Å². The number of rotatable bonds is 4. The Labute approximate surface area is 60.1 Å². The summed E-state index contributed by atoms with van der Waals surface area (Å²) < 4.78 is 54.6. The number of hydrogen-bond donors (Lipinski definition) is 0. The quantitative estimate of drug-likeness (QED) is 0.472. The number of halogens is 4. The summed E-state index contributed by atoms with van der Waals surface area (Å²) in [6, 6.07) is 0. The second kappa shape index (κ2) is 2.94. The molecule has 0 radical (unpaired) electrons. The van der Waals surface area contributed by atoms with Crippen LogP contribution in [0, 0.1) is 0 Å². The zero-order valence-corrected chi connectivity index (χ0v) is 5.40. The Morgan fingerprint density at radius 1 is 1.55 bits per heavy atom. The van der Waals surface area contributed by atoms with E-state index in [9.17, 15) is 17.6 Å². The smallest absolute Gasteiger partial charge is 0.371 e. The minimum Gasteiger partial charge on any atom is -0.371 e. The molecule has 0 amide bonds. The van der Waals surface area contributed by atoms with Gasteiger partial charge in [0.1, 0.15) is 6.10 Å². The van der Waals surface area contributed by atoms with E-state index in [1.165, 1.54) is 0 Å². The van der Waals surface area contributed by atoms with Gasteiger partial charge in [-0.05, 0) is 0 Å². The van der Waals surface area contributed by atoms with E-state index < -0.39 is 25.2 Å². The van der Waals surface area contributed by atoms with Crippen LogP contribution in [0.2, 0.25) is 0 Å². The van der Waals surface area contributed by atoms with Gasteiger partial charge in [-0.25, -0.2) is 8.78 Å². The van der Waals surface area contributed by atoms with Crippen molar-refractivity contribution in [3.05, 3.63) is 0 Å². The standard InChI is InChI=1S/C5H6F4O2/c6-4(7)5(8,9)11-2-3-1-10-3/h3-4H,1-2H2. The molecule has 0 N–H and O–H groups in total. The maximum Gasteiger partial charge on any atom is 0.416 e. The van der Waals surface area contributed by atoms with Crippen LogP contribution < -0.4 is 0 Å². The third kappa shape index (κ3) is 2.63. The number of alkyl halides is 4. The van der Waals surface area contributed by atoms with Gasteiger partial charge in [-0.3, -0.25) is 0 Å². The van der Waals surface area contributed by atoms with Crippen LogP contribution in [0.4, 0.5) is 17.6 Å². The molecule has 1 saturated heterocycles. The molecule has 1 heterocycles. The van der Waals surface area contributed by atoms with E-state index in [2.05, 4.69) is 9.47 Å². The zero-order chi connectivity index (χ0) is 8.48. The summed E-state index contributed by atoms with van der Waals surface area (Å²) in [5, 5.41) is 0. The Balaban J connectivity index is 2.20. The molecule has 0 aliphatic carbocycles. The number of ether oxygens (including phenoxy) is 2. The predicted molar refractivity (Wildman–Crippen MR) is 26.6 cm³/mol. The van der Waals surface area contributed by atoms with Crippen molar-refractivity contribution in [3.8, 4) is 0 Å². The first-order chi connectivity index (χ1) is 5.02.